The third-order valence-corrected chi connectivity index (χ3v) is 8.94. The Labute approximate surface area is 303 Å². The third kappa shape index (κ3) is 40.3. The van der Waals surface area contributed by atoms with Crippen LogP contribution in [0.15, 0.2) is 0 Å². The highest BCUT2D eigenvalue weighted by atomic mass is 16.6. The Bertz CT molecular complexity index is 705. The number of ether oxygens (including phenoxy) is 2. The van der Waals surface area contributed by atoms with E-state index in [1.807, 2.05) is 6.92 Å². The molecule has 8 heteroatoms. The second-order valence-corrected chi connectivity index (χ2v) is 13.8. The summed E-state index contributed by atoms with van der Waals surface area (Å²) in [4.78, 5) is 35.1. The van der Waals surface area contributed by atoms with Crippen molar-refractivity contribution in [1.29, 1.82) is 0 Å². The van der Waals surface area contributed by atoms with Crippen LogP contribution in [0, 0.1) is 0 Å². The minimum absolute atomic E-state index is 0.223. The Morgan fingerprint density at radius 2 is 0.776 bits per heavy atom. The molecule has 2 N–H and O–H groups in total. The molecule has 8 nitrogen and oxygen atoms in total. The number of hydrogen-bond acceptors (Lipinski definition) is 5. The van der Waals surface area contributed by atoms with Crippen molar-refractivity contribution in [3.8, 4) is 0 Å². The molecule has 292 valence electrons. The van der Waals surface area contributed by atoms with E-state index in [1.165, 1.54) is 141 Å². The Morgan fingerprint density at radius 3 is 1.16 bits per heavy atom. The number of hydrogen-bond donors (Lipinski definition) is 2. The van der Waals surface area contributed by atoms with E-state index >= 15 is 0 Å². The molecule has 0 aliphatic heterocycles. The minimum Gasteiger partial charge on any atom is -0.465 e. The van der Waals surface area contributed by atoms with E-state index in [2.05, 4.69) is 26.1 Å². The summed E-state index contributed by atoms with van der Waals surface area (Å²) in [6.45, 7) is 10.6. The van der Waals surface area contributed by atoms with Gasteiger partial charge in [0.15, 0.2) is 0 Å². The van der Waals surface area contributed by atoms with Crippen LogP contribution in [-0.2, 0) is 9.47 Å². The quantitative estimate of drug-likeness (QED) is 0.0648. The van der Waals surface area contributed by atoms with Crippen molar-refractivity contribution < 1.29 is 29.0 Å². The van der Waals surface area contributed by atoms with Crippen LogP contribution in [0.3, 0.4) is 0 Å². The summed E-state index contributed by atoms with van der Waals surface area (Å²) in [6.07, 6.45) is 34.8. The first-order valence-corrected chi connectivity index (χ1v) is 21.0. The predicted molar refractivity (Wildman–Crippen MR) is 207 cm³/mol. The molecule has 0 heterocycles. The van der Waals surface area contributed by atoms with Crippen LogP contribution in [0.1, 0.15) is 220 Å². The zero-order valence-electron chi connectivity index (χ0n) is 33.0. The Balaban J connectivity index is 0. The summed E-state index contributed by atoms with van der Waals surface area (Å²) in [5.41, 5.74) is 0. The first kappa shape index (κ1) is 49.1. The van der Waals surface area contributed by atoms with Crippen LogP contribution in [-0.4, -0.2) is 54.6 Å². The van der Waals surface area contributed by atoms with Crippen molar-refractivity contribution >= 4 is 18.3 Å². The lowest BCUT2D eigenvalue weighted by atomic mass is 10.1. The number of imide groups is 1. The fourth-order valence-electron chi connectivity index (χ4n) is 5.69. The molecule has 0 bridgehead atoms. The molecule has 0 saturated heterocycles. The topological polar surface area (TPSA) is 105 Å². The Hall–Kier alpha value is -1.99. The molecule has 0 aliphatic rings. The van der Waals surface area contributed by atoms with Gasteiger partial charge in [0.25, 0.3) is 0 Å². The molecular weight excluding hydrogens is 616 g/mol. The Morgan fingerprint density at radius 1 is 0.449 bits per heavy atom. The van der Waals surface area contributed by atoms with E-state index < -0.39 is 12.2 Å². The minimum atomic E-state index is -1.22. The van der Waals surface area contributed by atoms with Crippen LogP contribution in [0.2, 0.25) is 0 Å². The number of amides is 3. The molecule has 0 aliphatic carbocycles. The molecule has 0 aromatic carbocycles. The lowest BCUT2D eigenvalue weighted by molar-refractivity contribution is 0.0924. The summed E-state index contributed by atoms with van der Waals surface area (Å²) in [5, 5.41) is 11.9. The van der Waals surface area contributed by atoms with E-state index in [4.69, 9.17) is 14.6 Å². The molecule has 3 amide bonds. The van der Waals surface area contributed by atoms with Gasteiger partial charge in [-0.2, -0.15) is 0 Å². The summed E-state index contributed by atoms with van der Waals surface area (Å²) >= 11 is 0. The Kier molecular flexibility index (Phi) is 42.3. The van der Waals surface area contributed by atoms with Crippen LogP contribution in [0.5, 0.6) is 0 Å². The molecule has 0 aromatic heterocycles. The van der Waals surface area contributed by atoms with E-state index in [1.54, 1.807) is 0 Å². The standard InChI is InChI=1S/C21H41NO4.C20H41NO2/c1-3-5-7-8-9-10-11-12-13-14-15-17-19-26-21(25)22(20(23)24)18-16-6-4-2;1-3-5-7-8-9-10-11-12-13-14-15-17-19-23-20(22)21-18-16-6-4-2/h3-19H2,1-2H3,(H,23,24);3-19H2,1-2H3,(H,21,22). The van der Waals surface area contributed by atoms with Gasteiger partial charge < -0.3 is 19.9 Å². The van der Waals surface area contributed by atoms with Crippen molar-refractivity contribution in [2.45, 2.75) is 220 Å². The van der Waals surface area contributed by atoms with Crippen molar-refractivity contribution in [2.75, 3.05) is 26.3 Å². The summed E-state index contributed by atoms with van der Waals surface area (Å²) in [5.74, 6) is 0. The SMILES string of the molecule is CCCCCCCCCCCCCCOC(=O)N(CCCCC)C(=O)O.CCCCCCCCCCCCCCOC(=O)NCCCCC. The first-order chi connectivity index (χ1) is 23.9. The predicted octanol–water partition coefficient (Wildman–Crippen LogP) is 13.6. The van der Waals surface area contributed by atoms with Crippen LogP contribution < -0.4 is 5.32 Å². The molecular formula is C41H82N2O6. The number of nitrogens with one attached hydrogen (secondary N) is 1. The second kappa shape index (κ2) is 42.2. The highest BCUT2D eigenvalue weighted by Gasteiger charge is 2.21. The van der Waals surface area contributed by atoms with Gasteiger partial charge in [-0.05, 0) is 25.7 Å². The number of rotatable bonds is 34. The van der Waals surface area contributed by atoms with E-state index in [0.29, 0.717) is 19.6 Å². The molecule has 0 spiro atoms. The maximum absolute atomic E-state index is 11.8. The van der Waals surface area contributed by atoms with Crippen LogP contribution >= 0.6 is 0 Å². The zero-order valence-corrected chi connectivity index (χ0v) is 33.0. The van der Waals surface area contributed by atoms with Gasteiger partial charge >= 0.3 is 18.3 Å². The fraction of sp³-hybridized carbons (Fsp3) is 0.927. The number of nitrogens with zero attached hydrogens (tertiary/aromatic N) is 1. The highest BCUT2D eigenvalue weighted by Crippen LogP contribution is 2.13. The number of alkyl carbamates (subject to hydrolysis) is 1. The zero-order chi connectivity index (χ0) is 36.5. The average molecular weight is 699 g/mol. The number of carbonyl (C=O) groups is 3. The number of unbranched alkanes of at least 4 members (excludes halogenated alkanes) is 26. The fourth-order valence-corrected chi connectivity index (χ4v) is 5.69. The van der Waals surface area contributed by atoms with E-state index in [0.717, 1.165) is 56.4 Å². The second-order valence-electron chi connectivity index (χ2n) is 13.8. The monoisotopic (exact) mass is 699 g/mol. The molecule has 0 radical (unpaired) electrons. The molecule has 0 atom stereocenters. The summed E-state index contributed by atoms with van der Waals surface area (Å²) < 4.78 is 10.3. The molecule has 49 heavy (non-hydrogen) atoms. The molecule has 0 rings (SSSR count). The van der Waals surface area contributed by atoms with E-state index in [9.17, 15) is 14.4 Å². The van der Waals surface area contributed by atoms with Gasteiger partial charge in [-0.1, -0.05) is 195 Å². The van der Waals surface area contributed by atoms with Crippen LogP contribution in [0.4, 0.5) is 14.4 Å². The molecule has 0 fully saturated rings. The van der Waals surface area contributed by atoms with Gasteiger partial charge in [0.2, 0.25) is 0 Å². The van der Waals surface area contributed by atoms with Crippen molar-refractivity contribution in [3.63, 3.8) is 0 Å². The van der Waals surface area contributed by atoms with Gasteiger partial charge in [-0.3, -0.25) is 0 Å². The molecule has 0 unspecified atom stereocenters. The normalized spacial score (nSPS) is 10.7. The summed E-state index contributed by atoms with van der Waals surface area (Å²) in [6, 6.07) is 0. The maximum atomic E-state index is 11.8. The lowest BCUT2D eigenvalue weighted by Gasteiger charge is -2.16. The van der Waals surface area contributed by atoms with Gasteiger partial charge in [-0.25, -0.2) is 19.3 Å². The van der Waals surface area contributed by atoms with Gasteiger partial charge in [0, 0.05) is 13.1 Å². The number of carboxylic acid groups (broad SMARTS) is 1. The smallest absolute Gasteiger partial charge is 0.419 e. The third-order valence-electron chi connectivity index (χ3n) is 8.94. The van der Waals surface area contributed by atoms with Gasteiger partial charge in [-0.15, -0.1) is 0 Å². The number of carbonyl (C=O) groups excluding carboxylic acids is 2. The highest BCUT2D eigenvalue weighted by molar-refractivity contribution is 5.86. The van der Waals surface area contributed by atoms with Crippen molar-refractivity contribution in [3.05, 3.63) is 0 Å². The lowest BCUT2D eigenvalue weighted by Crippen LogP contribution is -2.37. The van der Waals surface area contributed by atoms with Crippen LogP contribution in [0.25, 0.3) is 0 Å². The molecule has 0 saturated carbocycles. The van der Waals surface area contributed by atoms with Crippen molar-refractivity contribution in [2.24, 2.45) is 0 Å². The van der Waals surface area contributed by atoms with E-state index in [-0.39, 0.29) is 12.6 Å². The van der Waals surface area contributed by atoms with Crippen molar-refractivity contribution in [1.82, 2.24) is 10.2 Å². The maximum Gasteiger partial charge on any atom is 0.419 e. The average Bonchev–Trinajstić information content (AvgIpc) is 3.09. The summed E-state index contributed by atoms with van der Waals surface area (Å²) in [7, 11) is 0. The largest absolute Gasteiger partial charge is 0.465 e. The van der Waals surface area contributed by atoms with Gasteiger partial charge in [0.1, 0.15) is 0 Å². The first-order valence-electron chi connectivity index (χ1n) is 21.0. The van der Waals surface area contributed by atoms with Gasteiger partial charge in [0.05, 0.1) is 13.2 Å². The molecule has 0 aromatic rings.